The first-order valence-electron chi connectivity index (χ1n) is 9.21. The summed E-state index contributed by atoms with van der Waals surface area (Å²) in [6.07, 6.45) is 3.51. The molecule has 0 aromatic carbocycles. The minimum Gasteiger partial charge on any atom is -0.395 e. The molecule has 2 aromatic rings. The van der Waals surface area contributed by atoms with Gasteiger partial charge in [0.25, 0.3) is 0 Å². The topological polar surface area (TPSA) is 145 Å². The van der Waals surface area contributed by atoms with Crippen LogP contribution in [0.2, 0.25) is 5.02 Å². The van der Waals surface area contributed by atoms with Gasteiger partial charge in [-0.2, -0.15) is 10.7 Å². The fraction of sp³-hybridized carbons (Fsp3) is 0.389. The number of nitrogens with one attached hydrogen (secondary N) is 1. The Kier molecular flexibility index (Phi) is 6.95. The van der Waals surface area contributed by atoms with E-state index in [1.807, 2.05) is 5.38 Å². The smallest absolute Gasteiger partial charge is 0.154 e. The van der Waals surface area contributed by atoms with Crippen LogP contribution in [-0.2, 0) is 14.3 Å². The number of nitrogens with zero attached hydrogens (tertiary/aromatic N) is 4. The van der Waals surface area contributed by atoms with Gasteiger partial charge in [-0.05, 0) is 6.07 Å². The predicted octanol–water partition coefficient (Wildman–Crippen LogP) is 1.30. The summed E-state index contributed by atoms with van der Waals surface area (Å²) in [5, 5.41) is 13.8. The summed E-state index contributed by atoms with van der Waals surface area (Å²) in [5.74, 6) is 6.43. The molecule has 4 rings (SSSR count). The van der Waals surface area contributed by atoms with E-state index in [2.05, 4.69) is 21.5 Å². The summed E-state index contributed by atoms with van der Waals surface area (Å²) in [6.45, 7) is 0.479. The van der Waals surface area contributed by atoms with Crippen LogP contribution in [0.1, 0.15) is 10.7 Å². The van der Waals surface area contributed by atoms with E-state index in [4.69, 9.17) is 37.5 Å². The lowest BCUT2D eigenvalue weighted by Gasteiger charge is -2.45. The van der Waals surface area contributed by atoms with Crippen molar-refractivity contribution in [3.63, 3.8) is 0 Å². The number of thioether (sulfide) groups is 1. The van der Waals surface area contributed by atoms with Crippen molar-refractivity contribution in [3.8, 4) is 6.07 Å². The van der Waals surface area contributed by atoms with Crippen LogP contribution >= 0.6 is 34.7 Å². The van der Waals surface area contributed by atoms with Gasteiger partial charge in [-0.3, -0.25) is 4.84 Å². The number of halogens is 1. The molecule has 0 bridgehead atoms. The number of hydrogen-bond acceptors (Lipinski definition) is 12. The monoisotopic (exact) mass is 481 g/mol. The van der Waals surface area contributed by atoms with Gasteiger partial charge in [0.2, 0.25) is 0 Å². The first kappa shape index (κ1) is 22.3. The fourth-order valence-electron chi connectivity index (χ4n) is 3.50. The Morgan fingerprint density at radius 1 is 1.55 bits per heavy atom. The maximum atomic E-state index is 9.42. The lowest BCUT2D eigenvalue weighted by molar-refractivity contribution is -0.172. The van der Waals surface area contributed by atoms with Crippen LogP contribution in [0.15, 0.2) is 34.9 Å². The molecule has 5 unspecified atom stereocenters. The Morgan fingerprint density at radius 2 is 2.39 bits per heavy atom. The quantitative estimate of drug-likeness (QED) is 0.405. The number of methoxy groups -OCH3 is 1. The standard InChI is InChI=1S/C18H20ClN7O3S2/c1-27-16-14(26(22)8-10(21)17-23-2-3-30-17)15-12(7-25-29-15)28-18(16)31-13-4-9(19)6-24-11(13)5-20/h2-4,6,8,12,14-16,18,25H,7,21-22H2,1H3/b10-8-. The van der Waals surface area contributed by atoms with Gasteiger partial charge in [0.15, 0.2) is 5.69 Å². The van der Waals surface area contributed by atoms with Gasteiger partial charge in [-0.1, -0.05) is 23.4 Å². The van der Waals surface area contributed by atoms with Gasteiger partial charge < -0.3 is 20.2 Å². The lowest BCUT2D eigenvalue weighted by atomic mass is 9.97. The van der Waals surface area contributed by atoms with Crippen LogP contribution in [0.5, 0.6) is 0 Å². The molecule has 2 aliphatic heterocycles. The normalized spacial score (nSPS) is 28.2. The Bertz CT molecular complexity index is 987. The number of nitriles is 1. The molecular formula is C18H20ClN7O3S2. The van der Waals surface area contributed by atoms with Gasteiger partial charge >= 0.3 is 0 Å². The minimum atomic E-state index is -0.526. The second kappa shape index (κ2) is 9.68. The maximum absolute atomic E-state index is 9.42. The Hall–Kier alpha value is -1.95. The van der Waals surface area contributed by atoms with Crippen LogP contribution in [-0.4, -0.2) is 58.4 Å². The summed E-state index contributed by atoms with van der Waals surface area (Å²) in [5.41, 5.74) is 9.22. The second-order valence-corrected chi connectivity index (χ2v) is 9.23. The van der Waals surface area contributed by atoms with Crippen molar-refractivity contribution in [2.45, 2.75) is 34.7 Å². The first-order chi connectivity index (χ1) is 15.0. The third-order valence-electron chi connectivity index (χ3n) is 4.87. The van der Waals surface area contributed by atoms with Crippen molar-refractivity contribution in [3.05, 3.63) is 45.8 Å². The predicted molar refractivity (Wildman–Crippen MR) is 116 cm³/mol. The van der Waals surface area contributed by atoms with E-state index in [1.54, 1.807) is 25.6 Å². The highest BCUT2D eigenvalue weighted by Crippen LogP contribution is 2.39. The molecule has 164 valence electrons. The highest BCUT2D eigenvalue weighted by atomic mass is 35.5. The number of hydrazine groups is 1. The van der Waals surface area contributed by atoms with Crippen LogP contribution < -0.4 is 17.1 Å². The molecule has 2 saturated heterocycles. The molecule has 0 spiro atoms. The SMILES string of the molecule is COC1C(Sc2cc(Cl)cnc2C#N)OC2CNOC2C1N(N)/C=C(\N)c1nccs1. The first-order valence-corrected chi connectivity index (χ1v) is 11.3. The molecule has 4 heterocycles. The lowest BCUT2D eigenvalue weighted by Crippen LogP contribution is -2.63. The van der Waals surface area contributed by atoms with E-state index in [1.165, 1.54) is 34.3 Å². The van der Waals surface area contributed by atoms with Crippen molar-refractivity contribution in [1.29, 1.82) is 5.26 Å². The molecule has 13 heteroatoms. The van der Waals surface area contributed by atoms with Gasteiger partial charge in [-0.15, -0.1) is 11.3 Å². The molecule has 2 fully saturated rings. The highest BCUT2D eigenvalue weighted by Gasteiger charge is 2.51. The summed E-state index contributed by atoms with van der Waals surface area (Å²) < 4.78 is 12.0. The molecule has 31 heavy (non-hydrogen) atoms. The highest BCUT2D eigenvalue weighted by molar-refractivity contribution is 7.99. The number of hydrogen-bond donors (Lipinski definition) is 3. The number of thiazole rings is 1. The summed E-state index contributed by atoms with van der Waals surface area (Å²) in [7, 11) is 1.57. The Balaban J connectivity index is 1.63. The molecule has 0 aliphatic carbocycles. The maximum Gasteiger partial charge on any atom is 0.154 e. The largest absolute Gasteiger partial charge is 0.395 e. The molecular weight excluding hydrogens is 462 g/mol. The molecule has 0 radical (unpaired) electrons. The third-order valence-corrected chi connectivity index (χ3v) is 7.08. The van der Waals surface area contributed by atoms with E-state index in [0.29, 0.717) is 27.2 Å². The zero-order valence-corrected chi connectivity index (χ0v) is 18.7. The zero-order chi connectivity index (χ0) is 22.0. The van der Waals surface area contributed by atoms with E-state index in [-0.39, 0.29) is 11.8 Å². The average Bonchev–Trinajstić information content (AvgIpc) is 3.44. The number of rotatable bonds is 6. The van der Waals surface area contributed by atoms with E-state index >= 15 is 0 Å². The van der Waals surface area contributed by atoms with E-state index in [9.17, 15) is 5.26 Å². The molecule has 5 atom stereocenters. The van der Waals surface area contributed by atoms with Crippen LogP contribution in [0, 0.1) is 11.3 Å². The van der Waals surface area contributed by atoms with Crippen molar-refractivity contribution < 1.29 is 14.3 Å². The zero-order valence-electron chi connectivity index (χ0n) is 16.3. The number of fused-ring (bicyclic) bond motifs is 1. The summed E-state index contributed by atoms with van der Waals surface area (Å²) in [4.78, 5) is 14.6. The van der Waals surface area contributed by atoms with E-state index in [0.717, 1.165) is 0 Å². The van der Waals surface area contributed by atoms with Crippen LogP contribution in [0.25, 0.3) is 5.70 Å². The Morgan fingerprint density at radius 3 is 3.10 bits per heavy atom. The second-order valence-electron chi connectivity index (χ2n) is 6.76. The van der Waals surface area contributed by atoms with Gasteiger partial charge in [0.05, 0.1) is 17.3 Å². The number of ether oxygens (including phenoxy) is 2. The van der Waals surface area contributed by atoms with Gasteiger partial charge in [0.1, 0.15) is 40.9 Å². The third kappa shape index (κ3) is 4.64. The van der Waals surface area contributed by atoms with Crippen LogP contribution in [0.3, 0.4) is 0 Å². The number of nitrogens with two attached hydrogens (primary N) is 2. The van der Waals surface area contributed by atoms with Gasteiger partial charge in [0, 0.05) is 36.0 Å². The molecule has 0 amide bonds. The summed E-state index contributed by atoms with van der Waals surface area (Å²) in [6, 6.07) is 3.32. The Labute approximate surface area is 192 Å². The fourth-order valence-corrected chi connectivity index (χ4v) is 5.55. The molecule has 5 N–H and O–H groups in total. The number of aromatic nitrogens is 2. The number of pyridine rings is 1. The van der Waals surface area contributed by atoms with Crippen LogP contribution in [0.4, 0.5) is 0 Å². The van der Waals surface area contributed by atoms with Gasteiger partial charge in [-0.25, -0.2) is 15.8 Å². The molecule has 0 saturated carbocycles. The van der Waals surface area contributed by atoms with Crippen molar-refractivity contribution in [1.82, 2.24) is 20.5 Å². The summed E-state index contributed by atoms with van der Waals surface area (Å²) >= 11 is 8.81. The molecule has 2 aliphatic rings. The molecule has 10 nitrogen and oxygen atoms in total. The minimum absolute atomic E-state index is 0.254. The van der Waals surface area contributed by atoms with Crippen molar-refractivity contribution in [2.24, 2.45) is 11.6 Å². The number of hydroxylamine groups is 1. The van der Waals surface area contributed by atoms with Crippen molar-refractivity contribution >= 4 is 40.4 Å². The van der Waals surface area contributed by atoms with E-state index < -0.39 is 23.7 Å². The average molecular weight is 482 g/mol. The van der Waals surface area contributed by atoms with Crippen molar-refractivity contribution in [2.75, 3.05) is 13.7 Å². The molecule has 2 aromatic heterocycles.